The van der Waals surface area contributed by atoms with Gasteiger partial charge in [-0.2, -0.15) is 0 Å². The maximum atomic E-state index is 6.02. The van der Waals surface area contributed by atoms with Crippen LogP contribution in [0.3, 0.4) is 0 Å². The molecule has 1 saturated heterocycles. The molecule has 1 N–H and O–H groups in total. The number of fused-ring (bicyclic) bond motifs is 3. The SMILES string of the molecule is c1ccc(-c2ccc3c(c2)OCCC2CNCC32)cc1. The molecule has 2 atom stereocenters. The Morgan fingerprint density at radius 1 is 0.950 bits per heavy atom. The van der Waals surface area contributed by atoms with Gasteiger partial charge in [0.1, 0.15) is 5.75 Å². The van der Waals surface area contributed by atoms with E-state index in [0.29, 0.717) is 5.92 Å². The molecule has 0 saturated carbocycles. The second-order valence-electron chi connectivity index (χ2n) is 5.78. The van der Waals surface area contributed by atoms with E-state index in [0.717, 1.165) is 37.8 Å². The third-order valence-electron chi connectivity index (χ3n) is 4.61. The lowest BCUT2D eigenvalue weighted by molar-refractivity contribution is 0.296. The van der Waals surface area contributed by atoms with Crippen molar-refractivity contribution in [1.82, 2.24) is 5.32 Å². The Bertz CT molecular complexity index is 608. The van der Waals surface area contributed by atoms with Crippen LogP contribution in [0, 0.1) is 5.92 Å². The van der Waals surface area contributed by atoms with E-state index in [1.807, 2.05) is 0 Å². The van der Waals surface area contributed by atoms with Crippen molar-refractivity contribution in [3.8, 4) is 16.9 Å². The van der Waals surface area contributed by atoms with Crippen LogP contribution in [-0.4, -0.2) is 19.7 Å². The van der Waals surface area contributed by atoms with Gasteiger partial charge in [0.15, 0.2) is 0 Å². The van der Waals surface area contributed by atoms with E-state index in [-0.39, 0.29) is 0 Å². The van der Waals surface area contributed by atoms with Crippen molar-refractivity contribution in [1.29, 1.82) is 0 Å². The van der Waals surface area contributed by atoms with Crippen LogP contribution < -0.4 is 10.1 Å². The molecule has 2 nitrogen and oxygen atoms in total. The van der Waals surface area contributed by atoms with Gasteiger partial charge < -0.3 is 10.1 Å². The van der Waals surface area contributed by atoms with Gasteiger partial charge in [-0.3, -0.25) is 0 Å². The topological polar surface area (TPSA) is 21.3 Å². The van der Waals surface area contributed by atoms with Crippen molar-refractivity contribution < 1.29 is 4.74 Å². The van der Waals surface area contributed by atoms with Gasteiger partial charge in [-0.1, -0.05) is 42.5 Å². The highest BCUT2D eigenvalue weighted by atomic mass is 16.5. The van der Waals surface area contributed by atoms with Gasteiger partial charge in [-0.15, -0.1) is 0 Å². The summed E-state index contributed by atoms with van der Waals surface area (Å²) in [7, 11) is 0. The number of nitrogens with one attached hydrogen (secondary N) is 1. The quantitative estimate of drug-likeness (QED) is 0.853. The largest absolute Gasteiger partial charge is 0.493 e. The molecule has 1 fully saturated rings. The van der Waals surface area contributed by atoms with Gasteiger partial charge in [-0.05, 0) is 41.6 Å². The van der Waals surface area contributed by atoms with E-state index in [9.17, 15) is 0 Å². The summed E-state index contributed by atoms with van der Waals surface area (Å²) >= 11 is 0. The number of ether oxygens (including phenoxy) is 1. The van der Waals surface area contributed by atoms with Crippen LogP contribution in [0.4, 0.5) is 0 Å². The first-order valence-corrected chi connectivity index (χ1v) is 7.45. The lowest BCUT2D eigenvalue weighted by Crippen LogP contribution is -2.11. The van der Waals surface area contributed by atoms with E-state index in [1.165, 1.54) is 16.7 Å². The molecule has 0 amide bonds. The van der Waals surface area contributed by atoms with Gasteiger partial charge >= 0.3 is 0 Å². The van der Waals surface area contributed by atoms with Crippen LogP contribution >= 0.6 is 0 Å². The fourth-order valence-corrected chi connectivity index (χ4v) is 3.50. The van der Waals surface area contributed by atoms with Crippen molar-refractivity contribution in [3.63, 3.8) is 0 Å². The first-order valence-electron chi connectivity index (χ1n) is 7.45. The highest BCUT2D eigenvalue weighted by Gasteiger charge is 2.32. The van der Waals surface area contributed by atoms with Crippen LogP contribution in [0.15, 0.2) is 48.5 Å². The summed E-state index contributed by atoms with van der Waals surface area (Å²) in [6, 6.07) is 17.2. The minimum atomic E-state index is 0.623. The maximum Gasteiger partial charge on any atom is 0.123 e. The van der Waals surface area contributed by atoms with E-state index in [1.54, 1.807) is 0 Å². The molecule has 20 heavy (non-hydrogen) atoms. The van der Waals surface area contributed by atoms with Gasteiger partial charge in [0.05, 0.1) is 6.61 Å². The molecule has 0 spiro atoms. The molecule has 0 aliphatic carbocycles. The number of benzene rings is 2. The normalized spacial score (nSPS) is 24.4. The van der Waals surface area contributed by atoms with E-state index in [4.69, 9.17) is 4.74 Å². The van der Waals surface area contributed by atoms with E-state index < -0.39 is 0 Å². The fourth-order valence-electron chi connectivity index (χ4n) is 3.50. The van der Waals surface area contributed by atoms with E-state index >= 15 is 0 Å². The smallest absolute Gasteiger partial charge is 0.123 e. The molecule has 2 aliphatic heterocycles. The molecular formula is C18H19NO. The lowest BCUT2D eigenvalue weighted by atomic mass is 9.86. The van der Waals surface area contributed by atoms with Crippen molar-refractivity contribution in [2.24, 2.45) is 5.92 Å². The van der Waals surface area contributed by atoms with Gasteiger partial charge in [0.2, 0.25) is 0 Å². The zero-order chi connectivity index (χ0) is 13.4. The highest BCUT2D eigenvalue weighted by Crippen LogP contribution is 2.40. The fraction of sp³-hybridized carbons (Fsp3) is 0.333. The summed E-state index contributed by atoms with van der Waals surface area (Å²) in [5.74, 6) is 2.44. The van der Waals surface area contributed by atoms with Crippen LogP contribution in [0.5, 0.6) is 5.75 Å². The molecule has 102 valence electrons. The number of rotatable bonds is 1. The van der Waals surface area contributed by atoms with Crippen molar-refractivity contribution in [2.45, 2.75) is 12.3 Å². The molecule has 0 aromatic heterocycles. The Kier molecular flexibility index (Phi) is 2.96. The minimum absolute atomic E-state index is 0.623. The Labute approximate surface area is 119 Å². The molecule has 2 heteroatoms. The number of hydrogen-bond acceptors (Lipinski definition) is 2. The summed E-state index contributed by atoms with van der Waals surface area (Å²) in [5, 5.41) is 3.52. The molecular weight excluding hydrogens is 246 g/mol. The van der Waals surface area contributed by atoms with Crippen LogP contribution in [-0.2, 0) is 0 Å². The molecule has 0 radical (unpaired) electrons. The van der Waals surface area contributed by atoms with E-state index in [2.05, 4.69) is 53.8 Å². The molecule has 4 rings (SSSR count). The highest BCUT2D eigenvalue weighted by molar-refractivity contribution is 5.66. The van der Waals surface area contributed by atoms with Crippen LogP contribution in [0.1, 0.15) is 17.9 Å². The average Bonchev–Trinajstić information content (AvgIpc) is 2.90. The van der Waals surface area contributed by atoms with Gasteiger partial charge in [-0.25, -0.2) is 0 Å². The van der Waals surface area contributed by atoms with Crippen LogP contribution in [0.2, 0.25) is 0 Å². The maximum absolute atomic E-state index is 6.02. The Hall–Kier alpha value is -1.80. The Balaban J connectivity index is 1.76. The second kappa shape index (κ2) is 4.95. The van der Waals surface area contributed by atoms with Gasteiger partial charge in [0.25, 0.3) is 0 Å². The van der Waals surface area contributed by atoms with Crippen LogP contribution in [0.25, 0.3) is 11.1 Å². The summed E-state index contributed by atoms with van der Waals surface area (Å²) in [6.45, 7) is 3.06. The van der Waals surface area contributed by atoms with Crippen molar-refractivity contribution in [2.75, 3.05) is 19.7 Å². The molecule has 2 unspecified atom stereocenters. The monoisotopic (exact) mass is 265 g/mol. The summed E-state index contributed by atoms with van der Waals surface area (Å²) in [6.07, 6.45) is 1.16. The first kappa shape index (κ1) is 12.0. The zero-order valence-corrected chi connectivity index (χ0v) is 11.5. The molecule has 0 bridgehead atoms. The molecule has 2 heterocycles. The predicted molar refractivity (Wildman–Crippen MR) is 81.1 cm³/mol. The minimum Gasteiger partial charge on any atom is -0.493 e. The number of hydrogen-bond donors (Lipinski definition) is 1. The molecule has 2 aromatic carbocycles. The Morgan fingerprint density at radius 2 is 1.85 bits per heavy atom. The lowest BCUT2D eigenvalue weighted by Gasteiger charge is -2.16. The summed E-state index contributed by atoms with van der Waals surface area (Å²) < 4.78 is 6.02. The third kappa shape index (κ3) is 2.01. The third-order valence-corrected chi connectivity index (χ3v) is 4.61. The standard InChI is InChI=1S/C18H19NO/c1-2-4-13(5-3-1)14-6-7-16-17-12-19-11-15(17)8-9-20-18(16)10-14/h1-7,10,15,17,19H,8-9,11-12H2. The average molecular weight is 265 g/mol. The second-order valence-corrected chi connectivity index (χ2v) is 5.78. The molecule has 2 aromatic rings. The zero-order valence-electron chi connectivity index (χ0n) is 11.5. The predicted octanol–water partition coefficient (Wildman–Crippen LogP) is 3.44. The van der Waals surface area contributed by atoms with Crippen molar-refractivity contribution in [3.05, 3.63) is 54.1 Å². The first-order chi connectivity index (χ1) is 9.92. The summed E-state index contributed by atoms with van der Waals surface area (Å²) in [5.41, 5.74) is 3.88. The van der Waals surface area contributed by atoms with Crippen molar-refractivity contribution >= 4 is 0 Å². The van der Waals surface area contributed by atoms with Gasteiger partial charge in [0, 0.05) is 12.5 Å². The molecule has 2 aliphatic rings. The Morgan fingerprint density at radius 3 is 2.75 bits per heavy atom. The summed E-state index contributed by atoms with van der Waals surface area (Å²) in [4.78, 5) is 0.